The molecule has 1 aromatic carbocycles. The molecule has 27 heavy (non-hydrogen) atoms. The average molecular weight is 363 g/mol. The van der Waals surface area contributed by atoms with Crippen molar-refractivity contribution in [1.82, 2.24) is 19.7 Å². The number of pyridine rings is 2. The third-order valence-corrected chi connectivity index (χ3v) is 4.51. The molecule has 3 aromatic heterocycles. The van der Waals surface area contributed by atoms with Crippen molar-refractivity contribution in [3.8, 4) is 11.1 Å². The molecule has 136 valence electrons. The second-order valence-corrected chi connectivity index (χ2v) is 6.36. The predicted molar refractivity (Wildman–Crippen MR) is 101 cm³/mol. The Morgan fingerprint density at radius 1 is 1.26 bits per heavy atom. The van der Waals surface area contributed by atoms with Crippen LogP contribution in [-0.2, 0) is 13.0 Å². The van der Waals surface area contributed by atoms with Gasteiger partial charge in [-0.3, -0.25) is 9.48 Å². The van der Waals surface area contributed by atoms with Crippen LogP contribution in [0.4, 0.5) is 4.39 Å². The predicted octanol–water partition coefficient (Wildman–Crippen LogP) is 3.28. The fraction of sp³-hybridized carbons (Fsp3) is 0.150. The Morgan fingerprint density at radius 2 is 2.07 bits per heavy atom. The van der Waals surface area contributed by atoms with Crippen LogP contribution in [-0.4, -0.2) is 25.7 Å². The molecule has 0 aliphatic rings. The zero-order valence-electron chi connectivity index (χ0n) is 14.7. The number of aromatic amines is 1. The minimum Gasteiger partial charge on any atom is -0.364 e. The Kier molecular flexibility index (Phi) is 4.19. The molecular formula is C20H18FN5O. The largest absolute Gasteiger partial charge is 0.364 e. The molecule has 0 unspecified atom stereocenters. The van der Waals surface area contributed by atoms with Crippen molar-refractivity contribution in [3.05, 3.63) is 71.7 Å². The van der Waals surface area contributed by atoms with Crippen molar-refractivity contribution >= 4 is 16.8 Å². The number of halogens is 1. The molecule has 0 spiro atoms. The highest BCUT2D eigenvalue weighted by atomic mass is 19.1. The minimum absolute atomic E-state index is 0.0909. The number of aromatic nitrogens is 4. The summed E-state index contributed by atoms with van der Waals surface area (Å²) in [5, 5.41) is 3.98. The Labute approximate surface area is 154 Å². The number of amides is 1. The second kappa shape index (κ2) is 6.68. The number of rotatable bonds is 5. The van der Waals surface area contributed by atoms with E-state index in [1.54, 1.807) is 12.1 Å². The number of aryl methyl sites for hydroxylation is 1. The van der Waals surface area contributed by atoms with Gasteiger partial charge in [-0.25, -0.2) is 9.97 Å². The van der Waals surface area contributed by atoms with E-state index in [2.05, 4.69) is 22.0 Å². The maximum absolute atomic E-state index is 14.2. The summed E-state index contributed by atoms with van der Waals surface area (Å²) in [4.78, 5) is 19.8. The summed E-state index contributed by atoms with van der Waals surface area (Å²) in [6, 6.07) is 10.5. The van der Waals surface area contributed by atoms with Crippen molar-refractivity contribution in [1.29, 1.82) is 0 Å². The summed E-state index contributed by atoms with van der Waals surface area (Å²) >= 11 is 0. The second-order valence-electron chi connectivity index (χ2n) is 6.36. The van der Waals surface area contributed by atoms with E-state index in [0.717, 1.165) is 17.4 Å². The first-order chi connectivity index (χ1) is 13.0. The normalized spacial score (nSPS) is 11.2. The summed E-state index contributed by atoms with van der Waals surface area (Å²) in [5.41, 5.74) is 9.15. The van der Waals surface area contributed by atoms with E-state index < -0.39 is 11.9 Å². The third kappa shape index (κ3) is 3.19. The first kappa shape index (κ1) is 17.0. The molecule has 0 radical (unpaired) electrons. The number of nitrogens with one attached hydrogen (secondary N) is 1. The quantitative estimate of drug-likeness (QED) is 0.533. The van der Waals surface area contributed by atoms with Gasteiger partial charge in [0.1, 0.15) is 5.69 Å². The smallest absolute Gasteiger partial charge is 0.267 e. The Balaban J connectivity index is 1.83. The highest BCUT2D eigenvalue weighted by Crippen LogP contribution is 2.30. The number of carbonyl (C=O) groups is 1. The summed E-state index contributed by atoms with van der Waals surface area (Å²) in [6.45, 7) is 2.74. The minimum atomic E-state index is -0.659. The fourth-order valence-electron chi connectivity index (χ4n) is 3.13. The van der Waals surface area contributed by atoms with Crippen LogP contribution >= 0.6 is 0 Å². The maximum atomic E-state index is 14.2. The summed E-state index contributed by atoms with van der Waals surface area (Å²) in [5.74, 6) is -1.26. The van der Waals surface area contributed by atoms with Crippen LogP contribution in [0.25, 0.3) is 22.0 Å². The number of H-pyrrole nitrogens is 1. The molecule has 3 heterocycles. The van der Waals surface area contributed by atoms with Gasteiger partial charge in [-0.15, -0.1) is 0 Å². The van der Waals surface area contributed by atoms with Crippen LogP contribution in [0.5, 0.6) is 0 Å². The molecule has 6 nitrogen and oxygen atoms in total. The number of nitrogens with zero attached hydrogens (tertiary/aromatic N) is 3. The van der Waals surface area contributed by atoms with Gasteiger partial charge in [-0.2, -0.15) is 4.39 Å². The van der Waals surface area contributed by atoms with Crippen molar-refractivity contribution < 1.29 is 9.18 Å². The van der Waals surface area contributed by atoms with E-state index in [1.807, 2.05) is 29.1 Å². The van der Waals surface area contributed by atoms with E-state index in [9.17, 15) is 9.18 Å². The Hall–Kier alpha value is -3.48. The molecule has 0 saturated heterocycles. The van der Waals surface area contributed by atoms with Gasteiger partial charge < -0.3 is 10.8 Å². The molecule has 0 saturated carbocycles. The summed E-state index contributed by atoms with van der Waals surface area (Å²) in [7, 11) is 0. The standard InChI is InChI=1S/C20H18FN5O/c1-2-13-11-26(25-13)10-12-5-6-14-16(15-4-3-7-23-19(15)21)9-18(20(22)27)24-17(14)8-12/h3-9,11,25H,2,10H2,1H3,(H2,22,27). The zero-order chi connectivity index (χ0) is 19.0. The van der Waals surface area contributed by atoms with Crippen molar-refractivity contribution in [2.75, 3.05) is 0 Å². The SMILES string of the molecule is CCc1cn(Cc2ccc3c(-c4cccnc4F)cc(C(N)=O)nc3c2)[nH]1. The summed E-state index contributed by atoms with van der Waals surface area (Å²) < 4.78 is 16.2. The molecule has 0 aliphatic carbocycles. The van der Waals surface area contributed by atoms with Crippen LogP contribution in [0.15, 0.2) is 48.8 Å². The van der Waals surface area contributed by atoms with Crippen LogP contribution in [0, 0.1) is 5.95 Å². The van der Waals surface area contributed by atoms with Gasteiger partial charge >= 0.3 is 0 Å². The average Bonchev–Trinajstić information content (AvgIpc) is 2.63. The number of hydrogen-bond acceptors (Lipinski definition) is 3. The maximum Gasteiger partial charge on any atom is 0.267 e. The molecule has 0 aliphatic heterocycles. The van der Waals surface area contributed by atoms with E-state index in [1.165, 1.54) is 18.0 Å². The van der Waals surface area contributed by atoms with Gasteiger partial charge in [0, 0.05) is 29.0 Å². The molecule has 3 N–H and O–H groups in total. The molecule has 4 aromatic rings. The first-order valence-electron chi connectivity index (χ1n) is 8.63. The lowest BCUT2D eigenvalue weighted by Crippen LogP contribution is -2.14. The lowest BCUT2D eigenvalue weighted by atomic mass is 9.99. The molecule has 0 bridgehead atoms. The lowest BCUT2D eigenvalue weighted by Gasteiger charge is -2.15. The summed E-state index contributed by atoms with van der Waals surface area (Å²) in [6.07, 6.45) is 4.39. The van der Waals surface area contributed by atoms with Crippen LogP contribution in [0.3, 0.4) is 0 Å². The van der Waals surface area contributed by atoms with Crippen molar-refractivity contribution in [3.63, 3.8) is 0 Å². The van der Waals surface area contributed by atoms with E-state index in [0.29, 0.717) is 23.2 Å². The molecule has 0 fully saturated rings. The molecule has 1 amide bonds. The molecular weight excluding hydrogens is 345 g/mol. The van der Waals surface area contributed by atoms with Crippen LogP contribution in [0.2, 0.25) is 0 Å². The van der Waals surface area contributed by atoms with E-state index in [4.69, 9.17) is 5.73 Å². The zero-order valence-corrected chi connectivity index (χ0v) is 14.7. The van der Waals surface area contributed by atoms with Gasteiger partial charge in [-0.05, 0) is 41.8 Å². The first-order valence-corrected chi connectivity index (χ1v) is 8.63. The number of carbonyl (C=O) groups excluding carboxylic acids is 1. The van der Waals surface area contributed by atoms with Crippen LogP contribution in [0.1, 0.15) is 28.7 Å². The van der Waals surface area contributed by atoms with E-state index in [-0.39, 0.29) is 5.69 Å². The third-order valence-electron chi connectivity index (χ3n) is 4.51. The Bertz CT molecular complexity index is 1130. The fourth-order valence-corrected chi connectivity index (χ4v) is 3.13. The van der Waals surface area contributed by atoms with Crippen molar-refractivity contribution in [2.24, 2.45) is 5.73 Å². The topological polar surface area (TPSA) is 89.6 Å². The van der Waals surface area contributed by atoms with Gasteiger partial charge in [0.05, 0.1) is 12.1 Å². The number of nitrogens with two attached hydrogens (primary N) is 1. The number of primary amides is 1. The highest BCUT2D eigenvalue weighted by Gasteiger charge is 2.15. The lowest BCUT2D eigenvalue weighted by molar-refractivity contribution is 0.0996. The van der Waals surface area contributed by atoms with Crippen LogP contribution < -0.4 is 5.73 Å². The molecule has 0 atom stereocenters. The number of hydrogen-bond donors (Lipinski definition) is 2. The Morgan fingerprint density at radius 3 is 2.78 bits per heavy atom. The van der Waals surface area contributed by atoms with Gasteiger partial charge in [0.2, 0.25) is 5.95 Å². The number of fused-ring (bicyclic) bond motifs is 1. The highest BCUT2D eigenvalue weighted by molar-refractivity contribution is 6.00. The molecule has 7 heteroatoms. The van der Waals surface area contributed by atoms with Crippen molar-refractivity contribution in [2.45, 2.75) is 19.9 Å². The number of benzene rings is 1. The molecule has 4 rings (SSSR count). The van der Waals surface area contributed by atoms with Gasteiger partial charge in [-0.1, -0.05) is 19.1 Å². The van der Waals surface area contributed by atoms with Gasteiger partial charge in [0.25, 0.3) is 5.91 Å². The monoisotopic (exact) mass is 363 g/mol. The van der Waals surface area contributed by atoms with E-state index >= 15 is 0 Å². The van der Waals surface area contributed by atoms with Gasteiger partial charge in [0.15, 0.2) is 0 Å².